The number of para-hydroxylation sites is 2. The van der Waals surface area contributed by atoms with Crippen molar-refractivity contribution in [2.75, 3.05) is 9.80 Å². The van der Waals surface area contributed by atoms with Crippen LogP contribution in [0, 0.1) is 0 Å². The number of rotatable bonds is 4. The van der Waals surface area contributed by atoms with Crippen molar-refractivity contribution in [1.82, 2.24) is 0 Å². The highest BCUT2D eigenvalue weighted by Gasteiger charge is 2.59. The van der Waals surface area contributed by atoms with Crippen LogP contribution in [-0.4, -0.2) is 11.1 Å². The quantitative estimate of drug-likeness (QED) is 0.163. The zero-order valence-corrected chi connectivity index (χ0v) is 37.3. The minimum atomic E-state index is 0.0433. The Balaban J connectivity index is 0.895. The van der Waals surface area contributed by atoms with Gasteiger partial charge in [0.05, 0.1) is 11.1 Å². The molecule has 2 heteroatoms. The summed E-state index contributed by atoms with van der Waals surface area (Å²) in [6, 6.07) is 60.9. The number of nitrogens with zero attached hydrogens (tertiary/aromatic N) is 2. The van der Waals surface area contributed by atoms with Gasteiger partial charge in [-0.25, -0.2) is 0 Å². The fraction of sp³-hybridized carbons (Fsp3) is 0.279. The topological polar surface area (TPSA) is 6.48 Å². The van der Waals surface area contributed by atoms with Crippen LogP contribution in [0.25, 0.3) is 54.9 Å². The first kappa shape index (κ1) is 37.4. The van der Waals surface area contributed by atoms with Gasteiger partial charge in [-0.1, -0.05) is 143 Å². The molecule has 0 N–H and O–H groups in total. The number of hydrogen-bond acceptors (Lipinski definition) is 2. The Morgan fingerprint density at radius 1 is 0.397 bits per heavy atom. The second-order valence-electron chi connectivity index (χ2n) is 20.6. The van der Waals surface area contributed by atoms with Crippen LogP contribution < -0.4 is 9.80 Å². The van der Waals surface area contributed by atoms with E-state index in [1.807, 2.05) is 0 Å². The van der Waals surface area contributed by atoms with Gasteiger partial charge in [-0.2, -0.15) is 0 Å². The van der Waals surface area contributed by atoms with Crippen molar-refractivity contribution in [2.24, 2.45) is 0 Å². The summed E-state index contributed by atoms with van der Waals surface area (Å²) in [6.07, 6.45) is 11.0. The predicted octanol–water partition coefficient (Wildman–Crippen LogP) is 16.4. The summed E-state index contributed by atoms with van der Waals surface area (Å²) in [4.78, 5) is 5.37. The Hall–Kier alpha value is -6.12. The summed E-state index contributed by atoms with van der Waals surface area (Å²) in [6.45, 7) is 10.2. The molecule has 0 spiro atoms. The molecule has 2 aliphatic heterocycles. The molecule has 2 heterocycles. The summed E-state index contributed by atoms with van der Waals surface area (Å²) in [5.74, 6) is 0. The molecular formula is C61H56N2. The van der Waals surface area contributed by atoms with Crippen LogP contribution in [0.2, 0.25) is 0 Å². The van der Waals surface area contributed by atoms with Crippen LogP contribution in [0.15, 0.2) is 158 Å². The summed E-state index contributed by atoms with van der Waals surface area (Å²) in [5.41, 5.74) is 19.7. The first-order valence-corrected chi connectivity index (χ1v) is 23.8. The highest BCUT2D eigenvalue weighted by atomic mass is 15.3. The Kier molecular flexibility index (Phi) is 7.85. The second-order valence-corrected chi connectivity index (χ2v) is 20.6. The molecule has 0 radical (unpaired) electrons. The average Bonchev–Trinajstić information content (AvgIpc) is 3.88. The lowest BCUT2D eigenvalue weighted by Gasteiger charge is -2.50. The number of benzene rings is 8. The first-order chi connectivity index (χ1) is 30.7. The molecule has 5 aliphatic rings. The zero-order valence-electron chi connectivity index (χ0n) is 37.3. The van der Waals surface area contributed by atoms with E-state index in [0.29, 0.717) is 0 Å². The average molecular weight is 817 g/mol. The van der Waals surface area contributed by atoms with Crippen molar-refractivity contribution >= 4 is 44.3 Å². The minimum Gasteiger partial charge on any atom is -0.334 e. The molecule has 4 unspecified atom stereocenters. The lowest BCUT2D eigenvalue weighted by Crippen LogP contribution is -2.54. The van der Waals surface area contributed by atoms with Crippen LogP contribution in [0.3, 0.4) is 0 Å². The lowest BCUT2D eigenvalue weighted by atomic mass is 9.61. The van der Waals surface area contributed by atoms with Crippen molar-refractivity contribution < 1.29 is 0 Å². The van der Waals surface area contributed by atoms with Gasteiger partial charge in [0.15, 0.2) is 0 Å². The van der Waals surface area contributed by atoms with Crippen LogP contribution in [0.1, 0.15) is 101 Å². The van der Waals surface area contributed by atoms with Gasteiger partial charge in [0.1, 0.15) is 0 Å². The largest absolute Gasteiger partial charge is 0.334 e. The van der Waals surface area contributed by atoms with E-state index in [1.54, 1.807) is 0 Å². The van der Waals surface area contributed by atoms with Gasteiger partial charge in [-0.05, 0) is 178 Å². The van der Waals surface area contributed by atoms with Crippen LogP contribution >= 0.6 is 0 Å². The summed E-state index contributed by atoms with van der Waals surface area (Å²) < 4.78 is 0. The fourth-order valence-corrected chi connectivity index (χ4v) is 14.1. The molecule has 0 bridgehead atoms. The van der Waals surface area contributed by atoms with Crippen LogP contribution in [-0.2, 0) is 17.3 Å². The first-order valence-electron chi connectivity index (χ1n) is 23.8. The molecule has 13 rings (SSSR count). The predicted molar refractivity (Wildman–Crippen MR) is 266 cm³/mol. The van der Waals surface area contributed by atoms with Crippen molar-refractivity contribution in [3.8, 4) is 33.4 Å². The molecule has 0 saturated heterocycles. The maximum atomic E-state index is 2.68. The van der Waals surface area contributed by atoms with Gasteiger partial charge < -0.3 is 9.80 Å². The maximum Gasteiger partial charge on any atom is 0.0517 e. The number of fused-ring (bicyclic) bond motifs is 14. The van der Waals surface area contributed by atoms with Crippen LogP contribution in [0.4, 0.5) is 22.7 Å². The van der Waals surface area contributed by atoms with Gasteiger partial charge in [0.2, 0.25) is 0 Å². The molecule has 310 valence electrons. The highest BCUT2D eigenvalue weighted by Crippen LogP contribution is 2.63. The molecule has 2 saturated carbocycles. The van der Waals surface area contributed by atoms with E-state index in [9.17, 15) is 0 Å². The van der Waals surface area contributed by atoms with Gasteiger partial charge in [0, 0.05) is 33.6 Å². The third-order valence-electron chi connectivity index (χ3n) is 17.8. The van der Waals surface area contributed by atoms with Crippen molar-refractivity contribution in [3.63, 3.8) is 0 Å². The monoisotopic (exact) mass is 816 g/mol. The smallest absolute Gasteiger partial charge is 0.0517 e. The minimum absolute atomic E-state index is 0.0433. The Labute approximate surface area is 373 Å². The molecule has 2 fully saturated rings. The SMILES string of the molecule is CC12CCCCC1(C)N(c1ccccc1)c1ccc(-c3ccc4c(c3)Cc3c-4c4ccccc4c4cc(-c5ccc6c(c5)C5(C)CCCCC5(C)N6c5ccccc5)ccc34)cc12. The zero-order chi connectivity index (χ0) is 42.3. The van der Waals surface area contributed by atoms with E-state index in [4.69, 9.17) is 0 Å². The molecule has 4 atom stereocenters. The third kappa shape index (κ3) is 4.96. The van der Waals surface area contributed by atoms with Gasteiger partial charge >= 0.3 is 0 Å². The van der Waals surface area contributed by atoms with Crippen molar-refractivity contribution in [1.29, 1.82) is 0 Å². The lowest BCUT2D eigenvalue weighted by molar-refractivity contribution is 0.195. The molecule has 3 aliphatic carbocycles. The number of anilines is 4. The summed E-state index contributed by atoms with van der Waals surface area (Å²) >= 11 is 0. The van der Waals surface area contributed by atoms with Gasteiger partial charge in [-0.3, -0.25) is 0 Å². The van der Waals surface area contributed by atoms with Crippen molar-refractivity contribution in [3.05, 3.63) is 180 Å². The molecule has 8 aromatic rings. The Morgan fingerprint density at radius 3 is 1.46 bits per heavy atom. The molecular weight excluding hydrogens is 761 g/mol. The van der Waals surface area contributed by atoms with Gasteiger partial charge in [-0.15, -0.1) is 0 Å². The van der Waals surface area contributed by atoms with Crippen LogP contribution in [0.5, 0.6) is 0 Å². The van der Waals surface area contributed by atoms with E-state index >= 15 is 0 Å². The fourth-order valence-electron chi connectivity index (χ4n) is 14.1. The summed E-state index contributed by atoms with van der Waals surface area (Å²) in [7, 11) is 0. The van der Waals surface area contributed by atoms with E-state index in [-0.39, 0.29) is 21.9 Å². The normalized spacial score (nSPS) is 25.4. The van der Waals surface area contributed by atoms with Gasteiger partial charge in [0.25, 0.3) is 0 Å². The summed E-state index contributed by atoms with van der Waals surface area (Å²) in [5, 5.41) is 5.46. The van der Waals surface area contributed by atoms with E-state index < -0.39 is 0 Å². The molecule has 63 heavy (non-hydrogen) atoms. The third-order valence-corrected chi connectivity index (χ3v) is 17.8. The molecule has 0 aromatic heterocycles. The Morgan fingerprint density at radius 2 is 0.873 bits per heavy atom. The maximum absolute atomic E-state index is 2.68. The van der Waals surface area contributed by atoms with E-state index in [0.717, 1.165) is 6.42 Å². The molecule has 8 aromatic carbocycles. The molecule has 0 amide bonds. The Bertz CT molecular complexity index is 3180. The second kappa shape index (κ2) is 13.2. The highest BCUT2D eigenvalue weighted by molar-refractivity contribution is 6.18. The van der Waals surface area contributed by atoms with E-state index in [2.05, 4.69) is 195 Å². The van der Waals surface area contributed by atoms with Crippen molar-refractivity contribution in [2.45, 2.75) is 107 Å². The number of hydrogen-bond donors (Lipinski definition) is 0. The van der Waals surface area contributed by atoms with E-state index in [1.165, 1.54) is 151 Å². The molecule has 2 nitrogen and oxygen atoms in total. The standard InChI is InChI=1S/C61H56N2/c1-58-31-13-15-33-60(58,3)62(45-17-7-5-8-18-45)55-29-25-42(38-53(55)58)40-23-27-47-44(35-40)37-52-49-28-24-41(36-51(49)48-21-11-12-22-50(48)57(47)52)43-26-30-56-54(39-43)59(2)32-14-16-34-61(59,4)63(56)46-19-9-6-10-20-46/h5-12,17-30,35-36,38-39H,13-16,31-34,37H2,1-4H3.